The average Bonchev–Trinajstić information content (AvgIpc) is 2.75. The number of hydrogen-bond acceptors (Lipinski definition) is 5. The van der Waals surface area contributed by atoms with Crippen molar-refractivity contribution in [1.82, 2.24) is 10.2 Å². The SMILES string of the molecule is COc1cc(OC)cc(OCC(=O)N(Cc2ccc(C)cc2)[C@@H](C)C(=O)NC(C)(C)C)c1. The van der Waals surface area contributed by atoms with Crippen LogP contribution in [0.1, 0.15) is 38.8 Å². The molecule has 174 valence electrons. The maximum absolute atomic E-state index is 13.2. The molecule has 2 amide bonds. The number of ether oxygens (including phenoxy) is 3. The molecule has 0 aliphatic heterocycles. The average molecular weight is 443 g/mol. The number of aryl methyl sites for hydroxylation is 1. The van der Waals surface area contributed by atoms with Gasteiger partial charge in [-0.15, -0.1) is 0 Å². The van der Waals surface area contributed by atoms with E-state index in [1.54, 1.807) is 39.3 Å². The number of methoxy groups -OCH3 is 2. The minimum absolute atomic E-state index is 0.221. The molecule has 0 fully saturated rings. The Hall–Kier alpha value is -3.22. The van der Waals surface area contributed by atoms with Gasteiger partial charge in [0.05, 0.1) is 14.2 Å². The molecule has 0 spiro atoms. The molecule has 2 aromatic carbocycles. The van der Waals surface area contributed by atoms with Gasteiger partial charge in [0.2, 0.25) is 5.91 Å². The molecule has 0 aromatic heterocycles. The number of hydrogen-bond donors (Lipinski definition) is 1. The van der Waals surface area contributed by atoms with Crippen LogP contribution in [-0.4, -0.2) is 49.1 Å². The van der Waals surface area contributed by atoms with E-state index >= 15 is 0 Å². The van der Waals surface area contributed by atoms with E-state index in [1.165, 1.54) is 4.90 Å². The molecule has 0 heterocycles. The number of carbonyl (C=O) groups excluding carboxylic acids is 2. The second-order valence-electron chi connectivity index (χ2n) is 8.76. The van der Waals surface area contributed by atoms with Crippen molar-refractivity contribution in [3.8, 4) is 17.2 Å². The fraction of sp³-hybridized carbons (Fsp3) is 0.440. The molecule has 0 aliphatic carbocycles. The molecule has 1 N–H and O–H groups in total. The summed E-state index contributed by atoms with van der Waals surface area (Å²) in [6.07, 6.45) is 0. The van der Waals surface area contributed by atoms with Crippen LogP contribution in [0.5, 0.6) is 17.2 Å². The summed E-state index contributed by atoms with van der Waals surface area (Å²) in [4.78, 5) is 27.5. The lowest BCUT2D eigenvalue weighted by molar-refractivity contribution is -0.142. The monoisotopic (exact) mass is 442 g/mol. The molecule has 0 bridgehead atoms. The van der Waals surface area contributed by atoms with E-state index in [0.717, 1.165) is 11.1 Å². The first-order valence-corrected chi connectivity index (χ1v) is 10.6. The lowest BCUT2D eigenvalue weighted by Gasteiger charge is -2.31. The van der Waals surface area contributed by atoms with E-state index in [-0.39, 0.29) is 18.4 Å². The second kappa shape index (κ2) is 10.9. The van der Waals surface area contributed by atoms with Crippen LogP contribution in [0.15, 0.2) is 42.5 Å². The highest BCUT2D eigenvalue weighted by Gasteiger charge is 2.28. The number of rotatable bonds is 9. The highest BCUT2D eigenvalue weighted by Crippen LogP contribution is 2.27. The van der Waals surface area contributed by atoms with Crippen LogP contribution in [0.25, 0.3) is 0 Å². The fourth-order valence-electron chi connectivity index (χ4n) is 3.04. The standard InChI is InChI=1S/C25H34N2O5/c1-17-8-10-19(11-9-17)15-27(18(2)24(29)26-25(3,4)5)23(28)16-32-22-13-20(30-6)12-21(14-22)31-7/h8-14,18H,15-16H2,1-7H3,(H,26,29)/t18-/m0/s1. The first kappa shape index (κ1) is 25.0. The van der Waals surface area contributed by atoms with Gasteiger partial charge < -0.3 is 24.4 Å². The molecule has 7 nitrogen and oxygen atoms in total. The summed E-state index contributed by atoms with van der Waals surface area (Å²) in [5, 5.41) is 2.95. The van der Waals surface area contributed by atoms with Crippen molar-refractivity contribution in [2.45, 2.75) is 52.7 Å². The topological polar surface area (TPSA) is 77.1 Å². The molecular formula is C25H34N2O5. The Morgan fingerprint density at radius 1 is 0.969 bits per heavy atom. The minimum Gasteiger partial charge on any atom is -0.496 e. The lowest BCUT2D eigenvalue weighted by atomic mass is 10.1. The molecule has 0 saturated carbocycles. The molecule has 32 heavy (non-hydrogen) atoms. The highest BCUT2D eigenvalue weighted by atomic mass is 16.5. The van der Waals surface area contributed by atoms with Crippen molar-refractivity contribution in [3.63, 3.8) is 0 Å². The van der Waals surface area contributed by atoms with Crippen molar-refractivity contribution >= 4 is 11.8 Å². The van der Waals surface area contributed by atoms with E-state index in [1.807, 2.05) is 52.0 Å². The Bertz CT molecular complexity index is 897. The van der Waals surface area contributed by atoms with E-state index in [2.05, 4.69) is 5.32 Å². The third-order valence-corrected chi connectivity index (χ3v) is 4.83. The first-order valence-electron chi connectivity index (χ1n) is 10.6. The molecular weight excluding hydrogens is 408 g/mol. The Morgan fingerprint density at radius 3 is 2.00 bits per heavy atom. The number of carbonyl (C=O) groups is 2. The van der Waals surface area contributed by atoms with Crippen LogP contribution in [-0.2, 0) is 16.1 Å². The molecule has 0 radical (unpaired) electrons. The predicted octanol–water partition coefficient (Wildman–Crippen LogP) is 3.72. The Balaban J connectivity index is 2.20. The fourth-order valence-corrected chi connectivity index (χ4v) is 3.04. The third-order valence-electron chi connectivity index (χ3n) is 4.83. The highest BCUT2D eigenvalue weighted by molar-refractivity contribution is 5.88. The van der Waals surface area contributed by atoms with E-state index in [0.29, 0.717) is 23.8 Å². The zero-order chi connectivity index (χ0) is 23.9. The van der Waals surface area contributed by atoms with Gasteiger partial charge in [0, 0.05) is 30.3 Å². The van der Waals surface area contributed by atoms with E-state index in [4.69, 9.17) is 14.2 Å². The Morgan fingerprint density at radius 2 is 1.50 bits per heavy atom. The second-order valence-corrected chi connectivity index (χ2v) is 8.76. The molecule has 1 atom stereocenters. The van der Waals surface area contributed by atoms with Crippen molar-refractivity contribution in [1.29, 1.82) is 0 Å². The van der Waals surface area contributed by atoms with Gasteiger partial charge in [-0.2, -0.15) is 0 Å². The lowest BCUT2D eigenvalue weighted by Crippen LogP contribution is -2.53. The molecule has 0 aliphatic rings. The van der Waals surface area contributed by atoms with Crippen LogP contribution in [0, 0.1) is 6.92 Å². The van der Waals surface area contributed by atoms with Crippen LogP contribution in [0.2, 0.25) is 0 Å². The molecule has 0 unspecified atom stereocenters. The van der Waals surface area contributed by atoms with Gasteiger partial charge in [-0.1, -0.05) is 29.8 Å². The summed E-state index contributed by atoms with van der Waals surface area (Å²) >= 11 is 0. The van der Waals surface area contributed by atoms with Crippen molar-refractivity contribution in [3.05, 3.63) is 53.6 Å². The third kappa shape index (κ3) is 7.48. The van der Waals surface area contributed by atoms with Crippen molar-refractivity contribution in [2.24, 2.45) is 0 Å². The van der Waals surface area contributed by atoms with Crippen LogP contribution in [0.4, 0.5) is 0 Å². The summed E-state index contributed by atoms with van der Waals surface area (Å²) in [5.74, 6) is 1.03. The maximum Gasteiger partial charge on any atom is 0.261 e. The summed E-state index contributed by atoms with van der Waals surface area (Å²) in [6, 6.07) is 12.3. The Labute approximate surface area is 190 Å². The van der Waals surface area contributed by atoms with Gasteiger partial charge >= 0.3 is 0 Å². The zero-order valence-electron chi connectivity index (χ0n) is 20.0. The summed E-state index contributed by atoms with van der Waals surface area (Å²) in [6.45, 7) is 9.51. The quantitative estimate of drug-likeness (QED) is 0.640. The minimum atomic E-state index is -0.675. The number of nitrogens with zero attached hydrogens (tertiary/aromatic N) is 1. The summed E-state index contributed by atoms with van der Waals surface area (Å²) < 4.78 is 16.2. The normalized spacial score (nSPS) is 12.0. The molecule has 2 rings (SSSR count). The zero-order valence-corrected chi connectivity index (χ0v) is 20.0. The van der Waals surface area contributed by atoms with Crippen molar-refractivity contribution in [2.75, 3.05) is 20.8 Å². The largest absolute Gasteiger partial charge is 0.496 e. The smallest absolute Gasteiger partial charge is 0.261 e. The van der Waals surface area contributed by atoms with Crippen LogP contribution in [0.3, 0.4) is 0 Å². The number of benzene rings is 2. The van der Waals surface area contributed by atoms with Gasteiger partial charge in [-0.3, -0.25) is 9.59 Å². The predicted molar refractivity (Wildman–Crippen MR) is 124 cm³/mol. The van der Waals surface area contributed by atoms with Crippen molar-refractivity contribution < 1.29 is 23.8 Å². The van der Waals surface area contributed by atoms with Gasteiger partial charge in [0.1, 0.15) is 23.3 Å². The molecule has 0 saturated heterocycles. The van der Waals surface area contributed by atoms with Gasteiger partial charge in [-0.25, -0.2) is 0 Å². The van der Waals surface area contributed by atoms with E-state index in [9.17, 15) is 9.59 Å². The number of amides is 2. The number of nitrogens with one attached hydrogen (secondary N) is 1. The van der Waals surface area contributed by atoms with Gasteiger partial charge in [0.25, 0.3) is 5.91 Å². The van der Waals surface area contributed by atoms with Gasteiger partial charge in [-0.05, 0) is 40.2 Å². The van der Waals surface area contributed by atoms with E-state index < -0.39 is 11.6 Å². The van der Waals surface area contributed by atoms with Gasteiger partial charge in [0.15, 0.2) is 6.61 Å². The molecule has 7 heteroatoms. The molecule has 2 aromatic rings. The van der Waals surface area contributed by atoms with Crippen LogP contribution >= 0.6 is 0 Å². The first-order chi connectivity index (χ1) is 15.0. The summed E-state index contributed by atoms with van der Waals surface area (Å²) in [7, 11) is 3.09. The Kier molecular flexibility index (Phi) is 8.52. The summed E-state index contributed by atoms with van der Waals surface area (Å²) in [5.41, 5.74) is 1.65. The maximum atomic E-state index is 13.2. The van der Waals surface area contributed by atoms with Crippen LogP contribution < -0.4 is 19.5 Å².